The maximum Gasteiger partial charge on any atom is 0.500 e. The van der Waals surface area contributed by atoms with Gasteiger partial charge in [0.25, 0.3) is 21.1 Å². The van der Waals surface area contributed by atoms with Gasteiger partial charge in [0.2, 0.25) is 0 Å². The molecule has 0 bridgehead atoms. The summed E-state index contributed by atoms with van der Waals surface area (Å²) in [7, 11) is -6.73. The van der Waals surface area contributed by atoms with Gasteiger partial charge in [-0.2, -0.15) is 13.2 Å². The number of ether oxygens (including phenoxy) is 5. The Labute approximate surface area is 173 Å². The molecule has 1 aliphatic rings. The van der Waals surface area contributed by atoms with Gasteiger partial charge in [-0.3, -0.25) is 19.2 Å². The molecule has 0 aliphatic carbocycles. The van der Waals surface area contributed by atoms with Gasteiger partial charge in [0.05, 0.1) is 0 Å². The van der Waals surface area contributed by atoms with E-state index >= 15 is 0 Å². The van der Waals surface area contributed by atoms with Crippen molar-refractivity contribution in [2.75, 3.05) is 6.61 Å². The zero-order chi connectivity index (χ0) is 24.4. The van der Waals surface area contributed by atoms with Crippen molar-refractivity contribution in [1.29, 1.82) is 0 Å². The molecule has 1 saturated heterocycles. The van der Waals surface area contributed by atoms with Crippen molar-refractivity contribution in [3.63, 3.8) is 0 Å². The van der Waals surface area contributed by atoms with Gasteiger partial charge in [0.1, 0.15) is 12.7 Å². The Kier molecular flexibility index (Phi) is 8.02. The van der Waals surface area contributed by atoms with Gasteiger partial charge < -0.3 is 28.8 Å². The summed E-state index contributed by atoms with van der Waals surface area (Å²) in [4.78, 5) is 41.2. The second-order valence-electron chi connectivity index (χ2n) is 6.22. The topological polar surface area (TPSA) is 169 Å². The molecule has 0 aromatic rings. The second-order valence-corrected chi connectivity index (χ2v) is 8.35. The molecule has 0 radical (unpaired) electrons. The van der Waals surface area contributed by atoms with Crippen LogP contribution in [0.1, 0.15) is 27.7 Å². The van der Waals surface area contributed by atoms with Crippen molar-refractivity contribution in [2.45, 2.75) is 62.7 Å². The summed E-state index contributed by atoms with van der Waals surface area (Å²) in [6, 6.07) is 0. The summed E-state index contributed by atoms with van der Waals surface area (Å²) >= 11 is 0. The molecule has 0 spiro atoms. The Morgan fingerprint density at radius 2 is 1.42 bits per heavy atom. The fourth-order valence-electron chi connectivity index (χ4n) is 2.62. The van der Waals surface area contributed by atoms with E-state index in [1.807, 2.05) is 0 Å². The minimum Gasteiger partial charge on any atom is -0.463 e. The number of carbonyl (C=O) groups excluding carboxylic acids is 4. The summed E-state index contributed by atoms with van der Waals surface area (Å²) < 4.78 is 87.9. The van der Waals surface area contributed by atoms with Crippen LogP contribution in [0.25, 0.3) is 0 Å². The maximum absolute atomic E-state index is 13.4. The Hall–Kier alpha value is -2.46. The first-order chi connectivity index (χ1) is 13.9. The molecule has 1 N–H and O–H groups in total. The van der Waals surface area contributed by atoms with Crippen LogP contribution in [0.2, 0.25) is 0 Å². The SMILES string of the molecule is CC(=O)OC[C@H]1OC(OC(C)=O)[C@](O)(S(=O)(=O)C(F)(F)F)[C@@H](OC(C)=O)[C@@H]1OC(C)=O. The lowest BCUT2D eigenvalue weighted by Gasteiger charge is -2.48. The van der Waals surface area contributed by atoms with E-state index in [2.05, 4.69) is 14.2 Å². The van der Waals surface area contributed by atoms with E-state index in [1.165, 1.54) is 0 Å². The van der Waals surface area contributed by atoms with Crippen LogP contribution in [-0.4, -0.2) is 79.1 Å². The highest BCUT2D eigenvalue weighted by atomic mass is 32.2. The first-order valence-electron chi connectivity index (χ1n) is 8.28. The number of aliphatic hydroxyl groups is 1. The molecule has 0 amide bonds. The molecular weight excluding hydrogens is 461 g/mol. The number of halogens is 3. The number of hydrogen-bond acceptors (Lipinski definition) is 12. The zero-order valence-corrected chi connectivity index (χ0v) is 17.3. The molecule has 16 heteroatoms. The summed E-state index contributed by atoms with van der Waals surface area (Å²) in [6.45, 7) is 2.14. The predicted molar refractivity (Wildman–Crippen MR) is 88.1 cm³/mol. The third kappa shape index (κ3) is 5.62. The first-order valence-corrected chi connectivity index (χ1v) is 9.77. The van der Waals surface area contributed by atoms with E-state index in [0.717, 1.165) is 13.8 Å². The smallest absolute Gasteiger partial charge is 0.463 e. The number of rotatable bonds is 6. The lowest BCUT2D eigenvalue weighted by atomic mass is 9.97. The first kappa shape index (κ1) is 26.6. The van der Waals surface area contributed by atoms with E-state index in [0.29, 0.717) is 13.8 Å². The summed E-state index contributed by atoms with van der Waals surface area (Å²) in [6.07, 6.45) is -9.77. The van der Waals surface area contributed by atoms with Crippen LogP contribution in [-0.2, 0) is 52.7 Å². The minimum atomic E-state index is -6.73. The summed E-state index contributed by atoms with van der Waals surface area (Å²) in [5.41, 5.74) is -6.16. The van der Waals surface area contributed by atoms with Crippen LogP contribution in [0.5, 0.6) is 0 Å². The largest absolute Gasteiger partial charge is 0.500 e. The van der Waals surface area contributed by atoms with Gasteiger partial charge in [-0.25, -0.2) is 8.42 Å². The molecule has 0 aromatic heterocycles. The van der Waals surface area contributed by atoms with E-state index < -0.39 is 75.4 Å². The standard InChI is InChI=1S/C15H19F3O12S/c1-6(19)26-5-10-11(27-7(2)20)12(28-8(3)21)14(23,13(30-10)29-9(4)22)31(24,25)15(16,17)18/h10-13,23H,5H2,1-4H3/t10-,11-,12+,13?,14-/m1/s1. The lowest BCUT2D eigenvalue weighted by molar-refractivity contribution is -0.311. The van der Waals surface area contributed by atoms with Crippen LogP contribution < -0.4 is 0 Å². The van der Waals surface area contributed by atoms with Gasteiger partial charge in [-0.1, -0.05) is 0 Å². The number of esters is 4. The highest BCUT2D eigenvalue weighted by molar-refractivity contribution is 7.93. The molecule has 0 saturated carbocycles. The van der Waals surface area contributed by atoms with E-state index in [-0.39, 0.29) is 0 Å². The molecule has 0 aromatic carbocycles. The van der Waals surface area contributed by atoms with Crippen molar-refractivity contribution in [3.8, 4) is 0 Å². The Morgan fingerprint density at radius 1 is 0.935 bits per heavy atom. The third-order valence-corrected chi connectivity index (χ3v) is 5.66. The van der Waals surface area contributed by atoms with Crippen molar-refractivity contribution >= 4 is 33.7 Å². The van der Waals surface area contributed by atoms with Crippen LogP contribution in [0, 0.1) is 0 Å². The zero-order valence-electron chi connectivity index (χ0n) is 16.5. The fraction of sp³-hybridized carbons (Fsp3) is 0.733. The lowest BCUT2D eigenvalue weighted by Crippen LogP contribution is -2.73. The monoisotopic (exact) mass is 480 g/mol. The van der Waals surface area contributed by atoms with Gasteiger partial charge in [0, 0.05) is 27.7 Å². The summed E-state index contributed by atoms with van der Waals surface area (Å²) in [5.74, 6) is -4.93. The molecule has 1 fully saturated rings. The van der Waals surface area contributed by atoms with Crippen LogP contribution >= 0.6 is 0 Å². The quantitative estimate of drug-likeness (QED) is 0.376. The average Bonchev–Trinajstić information content (AvgIpc) is 2.56. The summed E-state index contributed by atoms with van der Waals surface area (Å²) in [5, 5.41) is 10.7. The van der Waals surface area contributed by atoms with E-state index in [9.17, 15) is 45.9 Å². The van der Waals surface area contributed by atoms with E-state index in [1.54, 1.807) is 0 Å². The second kappa shape index (κ2) is 9.35. The van der Waals surface area contributed by atoms with E-state index in [4.69, 9.17) is 9.47 Å². The molecule has 5 atom stereocenters. The van der Waals surface area contributed by atoms with Crippen LogP contribution in [0.4, 0.5) is 13.2 Å². The van der Waals surface area contributed by atoms with Crippen molar-refractivity contribution in [1.82, 2.24) is 0 Å². The highest BCUT2D eigenvalue weighted by Crippen LogP contribution is 2.44. The minimum absolute atomic E-state index is 0.656. The molecular formula is C15H19F3O12S. The average molecular weight is 480 g/mol. The number of carbonyl (C=O) groups is 4. The van der Waals surface area contributed by atoms with Gasteiger partial charge >= 0.3 is 29.4 Å². The van der Waals surface area contributed by atoms with Crippen molar-refractivity contribution < 1.29 is 69.6 Å². The Morgan fingerprint density at radius 3 is 1.81 bits per heavy atom. The normalized spacial score (nSPS) is 28.9. The maximum atomic E-state index is 13.4. The third-order valence-electron chi connectivity index (χ3n) is 3.76. The molecule has 178 valence electrons. The Bertz CT molecular complexity index is 839. The number of hydrogen-bond donors (Lipinski definition) is 1. The molecule has 1 heterocycles. The highest BCUT2D eigenvalue weighted by Gasteiger charge is 2.74. The van der Waals surface area contributed by atoms with Crippen molar-refractivity contribution in [2.24, 2.45) is 0 Å². The van der Waals surface area contributed by atoms with Crippen molar-refractivity contribution in [3.05, 3.63) is 0 Å². The molecule has 1 rings (SSSR count). The van der Waals surface area contributed by atoms with Gasteiger partial charge in [-0.15, -0.1) is 0 Å². The van der Waals surface area contributed by atoms with Gasteiger partial charge in [0.15, 0.2) is 12.2 Å². The fourth-order valence-corrected chi connectivity index (χ4v) is 3.84. The predicted octanol–water partition coefficient (Wildman–Crippen LogP) is -0.676. The molecule has 1 aliphatic heterocycles. The molecule has 31 heavy (non-hydrogen) atoms. The number of sulfone groups is 1. The van der Waals surface area contributed by atoms with Crippen LogP contribution in [0.3, 0.4) is 0 Å². The molecule has 12 nitrogen and oxygen atoms in total. The molecule has 1 unspecified atom stereocenters. The van der Waals surface area contributed by atoms with Gasteiger partial charge in [-0.05, 0) is 0 Å². The number of alkyl halides is 3. The Balaban J connectivity index is 3.78. The van der Waals surface area contributed by atoms with Crippen LogP contribution in [0.15, 0.2) is 0 Å².